The average molecular weight is 266 g/mol. The molecule has 18 heavy (non-hydrogen) atoms. The minimum atomic E-state index is 0.147. The molecule has 0 fully saturated rings. The Morgan fingerprint density at radius 2 is 1.94 bits per heavy atom. The van der Waals surface area contributed by atoms with Gasteiger partial charge < -0.3 is 0 Å². The standard InChI is InChI=1S/C16H26OS/c1-6-8-9-12(7-2)15(17)13-10-11-14(18-13)16(3,4)5/h10-12H,6-9H2,1-5H3. The lowest BCUT2D eigenvalue weighted by Gasteiger charge is -2.15. The number of hydrogen-bond acceptors (Lipinski definition) is 2. The second-order valence-corrected chi connectivity index (χ2v) is 7.11. The van der Waals surface area contributed by atoms with E-state index in [1.54, 1.807) is 11.3 Å². The van der Waals surface area contributed by atoms with Crippen molar-refractivity contribution < 1.29 is 4.79 Å². The van der Waals surface area contributed by atoms with Crippen LogP contribution < -0.4 is 0 Å². The van der Waals surface area contributed by atoms with Gasteiger partial charge in [-0.05, 0) is 30.4 Å². The zero-order chi connectivity index (χ0) is 13.8. The van der Waals surface area contributed by atoms with E-state index in [0.717, 1.165) is 24.1 Å². The molecular weight excluding hydrogens is 240 g/mol. The molecule has 1 unspecified atom stereocenters. The van der Waals surface area contributed by atoms with Crippen molar-refractivity contribution in [3.8, 4) is 0 Å². The molecule has 0 radical (unpaired) electrons. The molecule has 1 atom stereocenters. The van der Waals surface area contributed by atoms with Gasteiger partial charge in [0.1, 0.15) is 0 Å². The molecule has 102 valence electrons. The van der Waals surface area contributed by atoms with E-state index in [1.807, 2.05) is 6.07 Å². The number of carbonyl (C=O) groups is 1. The fraction of sp³-hybridized carbons (Fsp3) is 0.688. The molecule has 0 amide bonds. The summed E-state index contributed by atoms with van der Waals surface area (Å²) >= 11 is 1.68. The van der Waals surface area contributed by atoms with Crippen LogP contribution in [0.2, 0.25) is 0 Å². The summed E-state index contributed by atoms with van der Waals surface area (Å²) in [6.45, 7) is 10.9. The summed E-state index contributed by atoms with van der Waals surface area (Å²) in [5.74, 6) is 0.572. The van der Waals surface area contributed by atoms with Crippen LogP contribution in [-0.4, -0.2) is 5.78 Å². The van der Waals surface area contributed by atoms with Crippen LogP contribution in [0, 0.1) is 5.92 Å². The third-order valence-corrected chi connectivity index (χ3v) is 4.88. The van der Waals surface area contributed by atoms with Gasteiger partial charge in [0, 0.05) is 10.8 Å². The van der Waals surface area contributed by atoms with E-state index in [2.05, 4.69) is 40.7 Å². The van der Waals surface area contributed by atoms with Gasteiger partial charge in [-0.25, -0.2) is 0 Å². The maximum atomic E-state index is 12.4. The first-order chi connectivity index (χ1) is 8.40. The first-order valence-electron chi connectivity index (χ1n) is 7.04. The molecule has 0 spiro atoms. The smallest absolute Gasteiger partial charge is 0.175 e. The summed E-state index contributed by atoms with van der Waals surface area (Å²) in [6.07, 6.45) is 4.32. The Morgan fingerprint density at radius 1 is 1.28 bits per heavy atom. The second-order valence-electron chi connectivity index (χ2n) is 6.03. The first kappa shape index (κ1) is 15.4. The minimum absolute atomic E-state index is 0.147. The Kier molecular flexibility index (Phi) is 5.58. The zero-order valence-corrected chi connectivity index (χ0v) is 13.2. The predicted octanol–water partition coefficient (Wildman–Crippen LogP) is 5.44. The van der Waals surface area contributed by atoms with Crippen LogP contribution in [0.25, 0.3) is 0 Å². The summed E-state index contributed by atoms with van der Waals surface area (Å²) in [5, 5.41) is 0. The SMILES string of the molecule is CCCCC(CC)C(=O)c1ccc(C(C)(C)C)s1. The summed E-state index contributed by atoms with van der Waals surface area (Å²) < 4.78 is 0. The molecule has 0 aromatic carbocycles. The maximum absolute atomic E-state index is 12.4. The van der Waals surface area contributed by atoms with Crippen LogP contribution in [0.15, 0.2) is 12.1 Å². The number of hydrogen-bond donors (Lipinski definition) is 0. The van der Waals surface area contributed by atoms with E-state index in [4.69, 9.17) is 0 Å². The monoisotopic (exact) mass is 266 g/mol. The van der Waals surface area contributed by atoms with Crippen LogP contribution in [-0.2, 0) is 5.41 Å². The number of carbonyl (C=O) groups excluding carboxylic acids is 1. The minimum Gasteiger partial charge on any atom is -0.293 e. The normalized spacial score (nSPS) is 13.6. The van der Waals surface area contributed by atoms with Gasteiger partial charge >= 0.3 is 0 Å². The van der Waals surface area contributed by atoms with Gasteiger partial charge in [-0.3, -0.25) is 4.79 Å². The first-order valence-corrected chi connectivity index (χ1v) is 7.86. The van der Waals surface area contributed by atoms with Gasteiger partial charge in [-0.1, -0.05) is 47.5 Å². The lowest BCUT2D eigenvalue weighted by Crippen LogP contribution is -2.13. The van der Waals surface area contributed by atoms with E-state index >= 15 is 0 Å². The highest BCUT2D eigenvalue weighted by molar-refractivity contribution is 7.14. The number of rotatable bonds is 6. The Morgan fingerprint density at radius 3 is 2.39 bits per heavy atom. The Hall–Kier alpha value is -0.630. The van der Waals surface area contributed by atoms with Gasteiger partial charge in [0.15, 0.2) is 5.78 Å². The molecule has 1 nitrogen and oxygen atoms in total. The van der Waals surface area contributed by atoms with E-state index < -0.39 is 0 Å². The lowest BCUT2D eigenvalue weighted by atomic mass is 9.93. The molecule has 0 saturated heterocycles. The molecule has 1 heterocycles. The number of Topliss-reactive ketones (excluding diaryl/α,β-unsaturated/α-hetero) is 1. The summed E-state index contributed by atoms with van der Waals surface area (Å²) in [7, 11) is 0. The number of unbranched alkanes of at least 4 members (excludes halogenated alkanes) is 1. The van der Waals surface area contributed by atoms with Crippen molar-refractivity contribution in [3.05, 3.63) is 21.9 Å². The van der Waals surface area contributed by atoms with E-state index in [0.29, 0.717) is 5.78 Å². The van der Waals surface area contributed by atoms with Crippen molar-refractivity contribution in [2.24, 2.45) is 5.92 Å². The van der Waals surface area contributed by atoms with Crippen LogP contribution in [0.4, 0.5) is 0 Å². The van der Waals surface area contributed by atoms with Crippen molar-refractivity contribution in [2.75, 3.05) is 0 Å². The quantitative estimate of drug-likeness (QED) is 0.626. The summed E-state index contributed by atoms with van der Waals surface area (Å²) in [4.78, 5) is 14.7. The van der Waals surface area contributed by atoms with Gasteiger partial charge in [0.25, 0.3) is 0 Å². The summed E-state index contributed by atoms with van der Waals surface area (Å²) in [6, 6.07) is 4.13. The van der Waals surface area contributed by atoms with Crippen LogP contribution in [0.5, 0.6) is 0 Å². The third-order valence-electron chi connectivity index (χ3n) is 3.36. The van der Waals surface area contributed by atoms with Crippen LogP contribution >= 0.6 is 11.3 Å². The highest BCUT2D eigenvalue weighted by atomic mass is 32.1. The van der Waals surface area contributed by atoms with Crippen molar-refractivity contribution in [3.63, 3.8) is 0 Å². The number of thiophene rings is 1. The molecule has 2 heteroatoms. The Balaban J connectivity index is 2.79. The fourth-order valence-corrected chi connectivity index (χ4v) is 3.13. The van der Waals surface area contributed by atoms with E-state index in [1.165, 1.54) is 11.3 Å². The van der Waals surface area contributed by atoms with Gasteiger partial charge in [0.05, 0.1) is 4.88 Å². The van der Waals surface area contributed by atoms with Gasteiger partial charge in [-0.15, -0.1) is 11.3 Å². The molecule has 0 aliphatic rings. The Labute approximate surface area is 116 Å². The predicted molar refractivity (Wildman–Crippen MR) is 80.7 cm³/mol. The van der Waals surface area contributed by atoms with Crippen molar-refractivity contribution >= 4 is 17.1 Å². The lowest BCUT2D eigenvalue weighted by molar-refractivity contribution is 0.0912. The molecular formula is C16H26OS. The summed E-state index contributed by atoms with van der Waals surface area (Å²) in [5.41, 5.74) is 0.147. The fourth-order valence-electron chi connectivity index (χ4n) is 2.05. The molecule has 0 aliphatic carbocycles. The zero-order valence-electron chi connectivity index (χ0n) is 12.4. The van der Waals surface area contributed by atoms with Crippen LogP contribution in [0.3, 0.4) is 0 Å². The molecule has 1 rings (SSSR count). The van der Waals surface area contributed by atoms with Crippen molar-refractivity contribution in [1.82, 2.24) is 0 Å². The van der Waals surface area contributed by atoms with Crippen LogP contribution in [0.1, 0.15) is 74.9 Å². The largest absolute Gasteiger partial charge is 0.293 e. The average Bonchev–Trinajstić information content (AvgIpc) is 2.78. The third kappa shape index (κ3) is 3.94. The molecule has 1 aromatic heterocycles. The van der Waals surface area contributed by atoms with Gasteiger partial charge in [0.2, 0.25) is 0 Å². The van der Waals surface area contributed by atoms with Crippen molar-refractivity contribution in [2.45, 2.75) is 65.7 Å². The number of ketones is 1. The molecule has 0 aliphatic heterocycles. The highest BCUT2D eigenvalue weighted by Gasteiger charge is 2.22. The molecule has 0 N–H and O–H groups in total. The Bertz CT molecular complexity index is 384. The molecule has 0 bridgehead atoms. The molecule has 1 aromatic rings. The topological polar surface area (TPSA) is 17.1 Å². The van der Waals surface area contributed by atoms with Gasteiger partial charge in [-0.2, -0.15) is 0 Å². The van der Waals surface area contributed by atoms with E-state index in [9.17, 15) is 4.79 Å². The second kappa shape index (κ2) is 6.51. The highest BCUT2D eigenvalue weighted by Crippen LogP contribution is 2.31. The maximum Gasteiger partial charge on any atom is 0.175 e. The van der Waals surface area contributed by atoms with Crippen molar-refractivity contribution in [1.29, 1.82) is 0 Å². The molecule has 0 saturated carbocycles. The van der Waals surface area contributed by atoms with E-state index in [-0.39, 0.29) is 11.3 Å².